The van der Waals surface area contributed by atoms with Crippen LogP contribution in [0.2, 0.25) is 0 Å². The minimum atomic E-state index is -0.951. The molecule has 5 nitrogen and oxygen atoms in total. The second-order valence-corrected chi connectivity index (χ2v) is 6.08. The lowest BCUT2D eigenvalue weighted by Crippen LogP contribution is -2.03. The standard InChI is InChI=1S/C19H14F3N5/c1-11-7-18(24-14-5-6-15(21)16(22)10-14)27-19(23-11)25-17(26-27)9-12-3-2-4-13(20)8-12/h2-8,10,24H,9H2,1H3. The molecule has 0 aliphatic heterocycles. The van der Waals surface area contributed by atoms with Crippen molar-refractivity contribution < 1.29 is 13.2 Å². The molecule has 0 atom stereocenters. The molecule has 1 N–H and O–H groups in total. The summed E-state index contributed by atoms with van der Waals surface area (Å²) in [7, 11) is 0. The van der Waals surface area contributed by atoms with E-state index in [9.17, 15) is 13.2 Å². The molecule has 4 rings (SSSR count). The second kappa shape index (κ2) is 6.71. The number of hydrogen-bond donors (Lipinski definition) is 1. The Kier molecular flexibility index (Phi) is 4.23. The van der Waals surface area contributed by atoms with E-state index in [1.54, 1.807) is 25.1 Å². The first kappa shape index (κ1) is 17.0. The molecule has 0 saturated carbocycles. The second-order valence-electron chi connectivity index (χ2n) is 6.08. The summed E-state index contributed by atoms with van der Waals surface area (Å²) in [6.07, 6.45) is 0.338. The predicted molar refractivity (Wildman–Crippen MR) is 94.4 cm³/mol. The number of rotatable bonds is 4. The Labute approximate surface area is 152 Å². The van der Waals surface area contributed by atoms with Crippen molar-refractivity contribution in [2.45, 2.75) is 13.3 Å². The van der Waals surface area contributed by atoms with Gasteiger partial charge in [0.2, 0.25) is 0 Å². The van der Waals surface area contributed by atoms with Gasteiger partial charge in [0.05, 0.1) is 0 Å². The lowest BCUT2D eigenvalue weighted by Gasteiger charge is -2.08. The summed E-state index contributed by atoms with van der Waals surface area (Å²) in [5.41, 5.74) is 1.78. The Balaban J connectivity index is 1.70. The summed E-state index contributed by atoms with van der Waals surface area (Å²) in [6.45, 7) is 1.79. The fourth-order valence-electron chi connectivity index (χ4n) is 2.74. The van der Waals surface area contributed by atoms with Gasteiger partial charge in [-0.25, -0.2) is 18.2 Å². The highest BCUT2D eigenvalue weighted by Gasteiger charge is 2.12. The lowest BCUT2D eigenvalue weighted by molar-refractivity contribution is 0.509. The molecule has 2 aromatic carbocycles. The van der Waals surface area contributed by atoms with E-state index in [0.717, 1.165) is 17.7 Å². The van der Waals surface area contributed by atoms with E-state index in [4.69, 9.17) is 0 Å². The van der Waals surface area contributed by atoms with Crippen LogP contribution in [0.1, 0.15) is 17.1 Å². The molecule has 0 unspecified atom stereocenters. The smallest absolute Gasteiger partial charge is 0.254 e. The molecule has 0 radical (unpaired) electrons. The largest absolute Gasteiger partial charge is 0.340 e. The Morgan fingerprint density at radius 1 is 0.963 bits per heavy atom. The van der Waals surface area contributed by atoms with Crippen molar-refractivity contribution in [2.75, 3.05) is 5.32 Å². The van der Waals surface area contributed by atoms with Crippen molar-refractivity contribution >= 4 is 17.3 Å². The molecule has 8 heteroatoms. The van der Waals surface area contributed by atoms with Crippen molar-refractivity contribution in [3.8, 4) is 0 Å². The maximum Gasteiger partial charge on any atom is 0.254 e. The third-order valence-electron chi connectivity index (χ3n) is 3.93. The highest BCUT2D eigenvalue weighted by atomic mass is 19.2. The zero-order valence-electron chi connectivity index (χ0n) is 14.2. The van der Waals surface area contributed by atoms with E-state index in [1.807, 2.05) is 0 Å². The summed E-state index contributed by atoms with van der Waals surface area (Å²) in [5.74, 6) is -0.881. The lowest BCUT2D eigenvalue weighted by atomic mass is 10.1. The molecule has 0 fully saturated rings. The van der Waals surface area contributed by atoms with Gasteiger partial charge in [-0.15, -0.1) is 5.10 Å². The fourth-order valence-corrected chi connectivity index (χ4v) is 2.74. The number of aromatic nitrogens is 4. The van der Waals surface area contributed by atoms with Gasteiger partial charge in [-0.05, 0) is 36.8 Å². The van der Waals surface area contributed by atoms with Gasteiger partial charge in [0.15, 0.2) is 17.5 Å². The zero-order chi connectivity index (χ0) is 19.0. The first-order valence-electron chi connectivity index (χ1n) is 8.18. The molecule has 0 aliphatic carbocycles. The van der Waals surface area contributed by atoms with Gasteiger partial charge in [0.25, 0.3) is 5.78 Å². The van der Waals surface area contributed by atoms with Crippen LogP contribution in [0.15, 0.2) is 48.5 Å². The monoisotopic (exact) mass is 369 g/mol. The van der Waals surface area contributed by atoms with Crippen molar-refractivity contribution in [3.05, 3.63) is 83.1 Å². The van der Waals surface area contributed by atoms with Crippen LogP contribution >= 0.6 is 0 Å². The van der Waals surface area contributed by atoms with Gasteiger partial charge in [-0.3, -0.25) is 0 Å². The molecular formula is C19H14F3N5. The van der Waals surface area contributed by atoms with Crippen molar-refractivity contribution in [2.24, 2.45) is 0 Å². The highest BCUT2D eigenvalue weighted by Crippen LogP contribution is 2.20. The molecule has 0 spiro atoms. The third-order valence-corrected chi connectivity index (χ3v) is 3.93. The van der Waals surface area contributed by atoms with Crippen LogP contribution in [0, 0.1) is 24.4 Å². The summed E-state index contributed by atoms with van der Waals surface area (Å²) >= 11 is 0. The molecular weight excluding hydrogens is 355 g/mol. The number of anilines is 2. The zero-order valence-corrected chi connectivity index (χ0v) is 14.2. The van der Waals surface area contributed by atoms with Crippen LogP contribution in [0.25, 0.3) is 5.78 Å². The van der Waals surface area contributed by atoms with Crippen LogP contribution in [-0.2, 0) is 6.42 Å². The molecule has 136 valence electrons. The normalized spacial score (nSPS) is 11.1. The molecule has 2 aromatic heterocycles. The Hall–Kier alpha value is -3.42. The number of halogens is 3. The molecule has 4 aromatic rings. The van der Waals surface area contributed by atoms with E-state index in [1.165, 1.54) is 22.7 Å². The van der Waals surface area contributed by atoms with Crippen LogP contribution in [0.5, 0.6) is 0 Å². The summed E-state index contributed by atoms with van der Waals surface area (Å²) in [6, 6.07) is 11.4. The van der Waals surface area contributed by atoms with Gasteiger partial charge < -0.3 is 5.32 Å². The number of hydrogen-bond acceptors (Lipinski definition) is 4. The SMILES string of the molecule is Cc1cc(Nc2ccc(F)c(F)c2)n2nc(Cc3cccc(F)c3)nc2n1. The fraction of sp³-hybridized carbons (Fsp3) is 0.105. The summed E-state index contributed by atoms with van der Waals surface area (Å²) in [5, 5.41) is 7.40. The van der Waals surface area contributed by atoms with Crippen LogP contribution < -0.4 is 5.32 Å². The van der Waals surface area contributed by atoms with Crippen LogP contribution in [-0.4, -0.2) is 19.6 Å². The quantitative estimate of drug-likeness (QED) is 0.586. The van der Waals surface area contributed by atoms with E-state index >= 15 is 0 Å². The molecule has 0 saturated heterocycles. The van der Waals surface area contributed by atoms with Gasteiger partial charge in [-0.1, -0.05) is 12.1 Å². The molecule has 0 bridgehead atoms. The Morgan fingerprint density at radius 2 is 1.81 bits per heavy atom. The van der Waals surface area contributed by atoms with Crippen molar-refractivity contribution in [1.82, 2.24) is 19.6 Å². The van der Waals surface area contributed by atoms with Gasteiger partial charge in [0.1, 0.15) is 11.6 Å². The first-order valence-corrected chi connectivity index (χ1v) is 8.18. The van der Waals surface area contributed by atoms with E-state index in [-0.39, 0.29) is 5.82 Å². The average molecular weight is 369 g/mol. The Bertz CT molecular complexity index is 1140. The minimum Gasteiger partial charge on any atom is -0.340 e. The van der Waals surface area contributed by atoms with E-state index in [0.29, 0.717) is 35.2 Å². The highest BCUT2D eigenvalue weighted by molar-refractivity contribution is 5.58. The summed E-state index contributed by atoms with van der Waals surface area (Å²) in [4.78, 5) is 8.71. The number of nitrogens with one attached hydrogen (secondary N) is 1. The first-order chi connectivity index (χ1) is 13.0. The van der Waals surface area contributed by atoms with E-state index in [2.05, 4.69) is 20.4 Å². The maximum atomic E-state index is 13.5. The topological polar surface area (TPSA) is 55.1 Å². The number of aryl methyl sites for hydroxylation is 1. The number of fused-ring (bicyclic) bond motifs is 1. The van der Waals surface area contributed by atoms with Crippen LogP contribution in [0.3, 0.4) is 0 Å². The number of benzene rings is 2. The molecule has 27 heavy (non-hydrogen) atoms. The maximum absolute atomic E-state index is 13.5. The van der Waals surface area contributed by atoms with E-state index < -0.39 is 11.6 Å². The van der Waals surface area contributed by atoms with Gasteiger partial charge in [0, 0.05) is 29.9 Å². The van der Waals surface area contributed by atoms with Crippen molar-refractivity contribution in [3.63, 3.8) is 0 Å². The minimum absolute atomic E-state index is 0.328. The molecule has 0 aliphatic rings. The van der Waals surface area contributed by atoms with Gasteiger partial charge >= 0.3 is 0 Å². The average Bonchev–Trinajstić information content (AvgIpc) is 3.00. The predicted octanol–water partition coefficient (Wildman–Crippen LogP) is 4.18. The number of nitrogens with zero attached hydrogens (tertiary/aromatic N) is 4. The summed E-state index contributed by atoms with van der Waals surface area (Å²) < 4.78 is 41.4. The van der Waals surface area contributed by atoms with Crippen molar-refractivity contribution in [1.29, 1.82) is 0 Å². The van der Waals surface area contributed by atoms with Crippen LogP contribution in [0.4, 0.5) is 24.7 Å². The molecule has 0 amide bonds. The van der Waals surface area contributed by atoms with Gasteiger partial charge in [-0.2, -0.15) is 9.50 Å². The third kappa shape index (κ3) is 3.59. The Morgan fingerprint density at radius 3 is 2.59 bits per heavy atom. The molecule has 2 heterocycles.